The smallest absolute Gasteiger partial charge is 0.257 e. The summed E-state index contributed by atoms with van der Waals surface area (Å²) in [5.74, 6) is 0. The molecule has 2 atom stereocenters. The number of aromatic nitrogens is 3. The zero-order valence-corrected chi connectivity index (χ0v) is 19.4. The Morgan fingerprint density at radius 1 is 1.15 bits per heavy atom. The van der Waals surface area contributed by atoms with Gasteiger partial charge < -0.3 is 14.9 Å². The highest BCUT2D eigenvalue weighted by molar-refractivity contribution is 5.83. The van der Waals surface area contributed by atoms with E-state index in [4.69, 9.17) is 9.72 Å². The molecule has 2 N–H and O–H groups in total. The zero-order valence-electron chi connectivity index (χ0n) is 19.4. The third kappa shape index (κ3) is 4.22. The van der Waals surface area contributed by atoms with Gasteiger partial charge in [0, 0.05) is 23.9 Å². The van der Waals surface area contributed by atoms with Crippen molar-refractivity contribution in [3.63, 3.8) is 0 Å². The lowest BCUT2D eigenvalue weighted by molar-refractivity contribution is -0.0397. The minimum atomic E-state index is -0.988. The number of aliphatic hydroxyl groups excluding tert-OH is 1. The number of pyridine rings is 1. The van der Waals surface area contributed by atoms with E-state index in [0.29, 0.717) is 42.8 Å². The average Bonchev–Trinajstić information content (AvgIpc) is 2.98. The van der Waals surface area contributed by atoms with E-state index in [-0.39, 0.29) is 18.2 Å². The van der Waals surface area contributed by atoms with Crippen molar-refractivity contribution in [3.8, 4) is 11.3 Å². The first kappa shape index (κ1) is 22.7. The Bertz CT molecular complexity index is 1290. The predicted molar refractivity (Wildman–Crippen MR) is 129 cm³/mol. The monoisotopic (exact) mass is 459 g/mol. The molecule has 3 heterocycles. The number of hydrogen-bond acceptors (Lipinski definition) is 6. The highest BCUT2D eigenvalue weighted by Gasteiger charge is 2.29. The van der Waals surface area contributed by atoms with Crippen LogP contribution in [-0.2, 0) is 23.2 Å². The third-order valence-corrected chi connectivity index (χ3v) is 6.66. The van der Waals surface area contributed by atoms with Crippen LogP contribution < -0.4 is 5.56 Å². The summed E-state index contributed by atoms with van der Waals surface area (Å²) in [6.45, 7) is 4.17. The van der Waals surface area contributed by atoms with Crippen LogP contribution in [0.3, 0.4) is 0 Å². The number of ether oxygens (including phenoxy) is 1. The summed E-state index contributed by atoms with van der Waals surface area (Å²) in [5, 5.41) is 20.6. The van der Waals surface area contributed by atoms with E-state index in [1.54, 1.807) is 30.9 Å². The molecule has 1 saturated heterocycles. The van der Waals surface area contributed by atoms with E-state index < -0.39 is 11.7 Å². The van der Waals surface area contributed by atoms with Crippen molar-refractivity contribution in [1.82, 2.24) is 14.5 Å². The summed E-state index contributed by atoms with van der Waals surface area (Å²) in [4.78, 5) is 22.7. The molecule has 0 amide bonds. The van der Waals surface area contributed by atoms with Crippen LogP contribution in [0, 0.1) is 0 Å². The Hall–Kier alpha value is -3.13. The van der Waals surface area contributed by atoms with Crippen molar-refractivity contribution in [1.29, 1.82) is 0 Å². The molecule has 1 aromatic carbocycles. The van der Waals surface area contributed by atoms with Crippen LogP contribution in [0.25, 0.3) is 16.8 Å². The van der Waals surface area contributed by atoms with Gasteiger partial charge in [-0.1, -0.05) is 36.4 Å². The Labute approximate surface area is 198 Å². The molecule has 176 valence electrons. The van der Waals surface area contributed by atoms with E-state index in [2.05, 4.69) is 17.1 Å². The van der Waals surface area contributed by atoms with Gasteiger partial charge in [-0.2, -0.15) is 0 Å². The summed E-state index contributed by atoms with van der Waals surface area (Å²) in [5.41, 5.74) is 4.96. The second-order valence-electron chi connectivity index (χ2n) is 9.55. The van der Waals surface area contributed by atoms with Gasteiger partial charge in [-0.05, 0) is 55.9 Å². The summed E-state index contributed by atoms with van der Waals surface area (Å²) in [6, 6.07) is 11.5. The Morgan fingerprint density at radius 2 is 1.94 bits per heavy atom. The van der Waals surface area contributed by atoms with E-state index in [1.165, 1.54) is 0 Å². The van der Waals surface area contributed by atoms with E-state index in [9.17, 15) is 15.0 Å². The second-order valence-corrected chi connectivity index (χ2v) is 9.55. The third-order valence-electron chi connectivity index (χ3n) is 6.66. The molecule has 34 heavy (non-hydrogen) atoms. The highest BCUT2D eigenvalue weighted by atomic mass is 16.5. The maximum atomic E-state index is 13.5. The fourth-order valence-electron chi connectivity index (χ4n) is 4.78. The summed E-state index contributed by atoms with van der Waals surface area (Å²) in [6.07, 6.45) is 6.43. The molecule has 0 spiro atoms. The van der Waals surface area contributed by atoms with Crippen molar-refractivity contribution in [2.24, 2.45) is 0 Å². The number of allylic oxidation sites excluding steroid dienone is 2. The second kappa shape index (κ2) is 8.91. The molecule has 5 rings (SSSR count). The molecular weight excluding hydrogens is 430 g/mol. The van der Waals surface area contributed by atoms with Crippen LogP contribution in [0.2, 0.25) is 0 Å². The van der Waals surface area contributed by atoms with Crippen molar-refractivity contribution in [2.45, 2.75) is 50.9 Å². The average molecular weight is 460 g/mol. The lowest BCUT2D eigenvalue weighted by atomic mass is 9.94. The molecule has 7 nitrogen and oxygen atoms in total. The minimum absolute atomic E-state index is 0.112. The first-order valence-electron chi connectivity index (χ1n) is 11.7. The Kier molecular flexibility index (Phi) is 5.93. The van der Waals surface area contributed by atoms with Crippen molar-refractivity contribution in [3.05, 3.63) is 87.7 Å². The van der Waals surface area contributed by atoms with Gasteiger partial charge in [0.15, 0.2) is 0 Å². The lowest BCUT2D eigenvalue weighted by Crippen LogP contribution is -2.40. The van der Waals surface area contributed by atoms with Crippen molar-refractivity contribution in [2.75, 3.05) is 13.2 Å². The van der Waals surface area contributed by atoms with Gasteiger partial charge in [-0.25, -0.2) is 4.98 Å². The molecular formula is C27H29N3O4. The van der Waals surface area contributed by atoms with E-state index in [1.807, 2.05) is 30.3 Å². The van der Waals surface area contributed by atoms with Gasteiger partial charge in [-0.15, -0.1) is 0 Å². The van der Waals surface area contributed by atoms with Gasteiger partial charge in [0.05, 0.1) is 36.5 Å². The number of benzene rings is 1. The van der Waals surface area contributed by atoms with Gasteiger partial charge in [0.1, 0.15) is 5.60 Å². The maximum Gasteiger partial charge on any atom is 0.257 e. The first-order chi connectivity index (χ1) is 16.3. The zero-order chi connectivity index (χ0) is 23.9. The molecule has 2 aliphatic rings. The molecule has 3 aromatic rings. The van der Waals surface area contributed by atoms with Gasteiger partial charge in [0.25, 0.3) is 5.56 Å². The van der Waals surface area contributed by atoms with Crippen LogP contribution in [-0.4, -0.2) is 44.1 Å². The molecule has 1 fully saturated rings. The molecule has 0 saturated carbocycles. The summed E-state index contributed by atoms with van der Waals surface area (Å²) in [7, 11) is 0. The van der Waals surface area contributed by atoms with Gasteiger partial charge >= 0.3 is 0 Å². The lowest BCUT2D eigenvalue weighted by Gasteiger charge is -2.29. The Morgan fingerprint density at radius 3 is 2.65 bits per heavy atom. The van der Waals surface area contributed by atoms with Crippen molar-refractivity contribution < 1.29 is 14.9 Å². The first-order valence-corrected chi connectivity index (χ1v) is 11.7. The van der Waals surface area contributed by atoms with Crippen LogP contribution in [0.1, 0.15) is 48.7 Å². The number of nitrogens with zero attached hydrogens (tertiary/aromatic N) is 3. The maximum absolute atomic E-state index is 13.5. The van der Waals surface area contributed by atoms with E-state index >= 15 is 0 Å². The quantitative estimate of drug-likeness (QED) is 0.623. The Balaban J connectivity index is 1.53. The molecule has 1 aliphatic heterocycles. The molecule has 0 radical (unpaired) electrons. The minimum Gasteiger partial charge on any atom is -0.389 e. The number of fused-ring (bicyclic) bond motifs is 3. The summed E-state index contributed by atoms with van der Waals surface area (Å²) < 4.78 is 6.91. The molecule has 1 aliphatic carbocycles. The van der Waals surface area contributed by atoms with Crippen molar-refractivity contribution >= 4 is 5.57 Å². The fourth-order valence-corrected chi connectivity index (χ4v) is 4.78. The van der Waals surface area contributed by atoms with Crippen LogP contribution >= 0.6 is 0 Å². The number of rotatable bonds is 4. The number of aliphatic hydroxyl groups is 2. The molecule has 2 aromatic heterocycles. The van der Waals surface area contributed by atoms with Crippen LogP contribution in [0.5, 0.6) is 0 Å². The van der Waals surface area contributed by atoms with E-state index in [0.717, 1.165) is 22.3 Å². The molecule has 0 bridgehead atoms. The summed E-state index contributed by atoms with van der Waals surface area (Å²) >= 11 is 0. The molecule has 0 unspecified atom stereocenters. The standard InChI is InChI=1S/C27H29N3O4/c1-27(2,33)24-10-7-17(14-28-24)13-18-8-9-21-25(20-6-4-3-5-19(18)20)29-16-30(26(21)32)22-11-12-34-15-23(22)31/h3-8,10,14,16,22-23,31,33H,9,11-13,15H2,1-2H3/t22-,23-/m0/s1. The normalized spacial score (nSPS) is 20.2. The predicted octanol–water partition coefficient (Wildman–Crippen LogP) is 3.04. The van der Waals surface area contributed by atoms with Gasteiger partial charge in [-0.3, -0.25) is 14.3 Å². The topological polar surface area (TPSA) is 97.5 Å². The largest absolute Gasteiger partial charge is 0.389 e. The van der Waals surface area contributed by atoms with Crippen LogP contribution in [0.4, 0.5) is 0 Å². The fraction of sp³-hybridized carbons (Fsp3) is 0.370. The van der Waals surface area contributed by atoms with Crippen LogP contribution in [0.15, 0.2) is 59.8 Å². The highest BCUT2D eigenvalue weighted by Crippen LogP contribution is 2.34. The molecule has 7 heteroatoms. The number of hydrogen-bond donors (Lipinski definition) is 2. The SMILES string of the molecule is CC(C)(O)c1ccc(CC2=CCc3c(ncn([C@H]4CCOC[C@@H]4O)c3=O)-c3ccccc32)cn1. The van der Waals surface area contributed by atoms with Gasteiger partial charge in [0.2, 0.25) is 0 Å².